The van der Waals surface area contributed by atoms with Gasteiger partial charge in [0.25, 0.3) is 0 Å². The minimum atomic E-state index is -0.746. The third-order valence-electron chi connectivity index (χ3n) is 11.1. The van der Waals surface area contributed by atoms with Gasteiger partial charge in [-0.1, -0.05) is 73.1 Å². The Morgan fingerprint density at radius 1 is 0.981 bits per heavy atom. The normalized spacial score (nSPS) is 18.7. The van der Waals surface area contributed by atoms with Gasteiger partial charge in [-0.05, 0) is 61.8 Å². The highest BCUT2D eigenvalue weighted by Gasteiger charge is 2.43. The van der Waals surface area contributed by atoms with E-state index in [9.17, 15) is 19.2 Å². The van der Waals surface area contributed by atoms with Crippen LogP contribution < -0.4 is 16.0 Å². The number of benzene rings is 1. The number of rotatable bonds is 20. The molecule has 296 valence electrons. The molecule has 0 saturated carbocycles. The average molecular weight is 739 g/mol. The molecular weight excluding hydrogens is 672 g/mol. The van der Waals surface area contributed by atoms with Crippen LogP contribution in [0.3, 0.4) is 0 Å². The SMILES string of the molecule is CC[C@H](C)C([C@@H](CC(=O)N1CCC[C@H]1[C@H](OC)[C@@H](C)C(=O)NCCc1cnc2ccccc2c1)OC)N(C)C(=O)[C@@H](NC(=O)[C@@H](NC)C(C)C)C(C)C. The van der Waals surface area contributed by atoms with E-state index in [1.54, 1.807) is 33.2 Å². The summed E-state index contributed by atoms with van der Waals surface area (Å²) in [5.41, 5.74) is 1.98. The molecule has 0 bridgehead atoms. The maximum absolute atomic E-state index is 14.1. The summed E-state index contributed by atoms with van der Waals surface area (Å²) in [7, 11) is 6.65. The molecule has 8 atom stereocenters. The Bertz CT molecular complexity index is 1500. The zero-order chi connectivity index (χ0) is 39.4. The number of carbonyl (C=O) groups is 4. The zero-order valence-electron chi connectivity index (χ0n) is 34.0. The van der Waals surface area contributed by atoms with Crippen molar-refractivity contribution < 1.29 is 28.7 Å². The molecule has 12 heteroatoms. The molecule has 1 aliphatic rings. The average Bonchev–Trinajstić information content (AvgIpc) is 3.62. The van der Waals surface area contributed by atoms with Gasteiger partial charge in [-0.2, -0.15) is 0 Å². The van der Waals surface area contributed by atoms with Crippen molar-refractivity contribution in [2.45, 2.75) is 117 Å². The van der Waals surface area contributed by atoms with E-state index in [-0.39, 0.29) is 53.8 Å². The molecule has 0 spiro atoms. The highest BCUT2D eigenvalue weighted by molar-refractivity contribution is 5.90. The fourth-order valence-corrected chi connectivity index (χ4v) is 7.79. The molecule has 1 aromatic heterocycles. The van der Waals surface area contributed by atoms with Gasteiger partial charge in [0.05, 0.1) is 48.2 Å². The summed E-state index contributed by atoms with van der Waals surface area (Å²) < 4.78 is 12.0. The number of carbonyl (C=O) groups excluding carboxylic acids is 4. The Morgan fingerprint density at radius 3 is 2.26 bits per heavy atom. The lowest BCUT2D eigenvalue weighted by Gasteiger charge is -2.41. The number of likely N-dealkylation sites (N-methyl/N-ethyl adjacent to an activating group) is 2. The molecule has 0 aliphatic carbocycles. The van der Waals surface area contributed by atoms with E-state index in [1.807, 2.05) is 70.0 Å². The molecule has 1 fully saturated rings. The zero-order valence-corrected chi connectivity index (χ0v) is 34.0. The summed E-state index contributed by atoms with van der Waals surface area (Å²) in [6, 6.07) is 8.16. The van der Waals surface area contributed by atoms with Crippen molar-refractivity contribution in [2.24, 2.45) is 23.7 Å². The van der Waals surface area contributed by atoms with Crippen LogP contribution >= 0.6 is 0 Å². The summed E-state index contributed by atoms with van der Waals surface area (Å²) in [6.45, 7) is 14.7. The second-order valence-corrected chi connectivity index (χ2v) is 15.4. The van der Waals surface area contributed by atoms with E-state index in [0.717, 1.165) is 35.7 Å². The molecule has 3 rings (SSSR count). The van der Waals surface area contributed by atoms with Crippen LogP contribution in [0.4, 0.5) is 0 Å². The molecule has 12 nitrogen and oxygen atoms in total. The summed E-state index contributed by atoms with van der Waals surface area (Å²) in [6.07, 6.45) is 3.73. The molecule has 2 aromatic rings. The van der Waals surface area contributed by atoms with Crippen molar-refractivity contribution in [1.82, 2.24) is 30.7 Å². The molecular formula is C41H66N6O6. The van der Waals surface area contributed by atoms with Crippen molar-refractivity contribution in [3.63, 3.8) is 0 Å². The summed E-state index contributed by atoms with van der Waals surface area (Å²) in [4.78, 5) is 62.9. The van der Waals surface area contributed by atoms with E-state index in [4.69, 9.17) is 9.47 Å². The molecule has 1 aliphatic heterocycles. The molecule has 3 N–H and O–H groups in total. The van der Waals surface area contributed by atoms with Gasteiger partial charge in [-0.25, -0.2) is 0 Å². The second kappa shape index (κ2) is 20.7. The lowest BCUT2D eigenvalue weighted by atomic mass is 9.89. The van der Waals surface area contributed by atoms with Gasteiger partial charge in [0, 0.05) is 45.9 Å². The van der Waals surface area contributed by atoms with Crippen molar-refractivity contribution in [3.05, 3.63) is 42.1 Å². The Balaban J connectivity index is 1.70. The monoisotopic (exact) mass is 739 g/mol. The molecule has 1 unspecified atom stereocenters. The lowest BCUT2D eigenvalue weighted by Crippen LogP contribution is -2.59. The third kappa shape index (κ3) is 11.2. The van der Waals surface area contributed by atoms with E-state index in [2.05, 4.69) is 40.8 Å². The molecule has 2 heterocycles. The summed E-state index contributed by atoms with van der Waals surface area (Å²) in [5, 5.41) is 10.2. The molecule has 1 aromatic carbocycles. The minimum Gasteiger partial charge on any atom is -0.379 e. The molecule has 4 amide bonds. The number of para-hydroxylation sites is 1. The lowest BCUT2D eigenvalue weighted by molar-refractivity contribution is -0.147. The number of nitrogens with zero attached hydrogens (tertiary/aromatic N) is 3. The van der Waals surface area contributed by atoms with Gasteiger partial charge in [0.15, 0.2) is 0 Å². The van der Waals surface area contributed by atoms with Gasteiger partial charge >= 0.3 is 0 Å². The number of aromatic nitrogens is 1. The number of likely N-dealkylation sites (tertiary alicyclic amines) is 1. The van der Waals surface area contributed by atoms with Crippen LogP contribution in [0.5, 0.6) is 0 Å². The van der Waals surface area contributed by atoms with Crippen molar-refractivity contribution in [3.8, 4) is 0 Å². The van der Waals surface area contributed by atoms with E-state index in [0.29, 0.717) is 19.5 Å². The number of fused-ring (bicyclic) bond motifs is 1. The molecule has 1 saturated heterocycles. The quantitative estimate of drug-likeness (QED) is 0.184. The third-order valence-corrected chi connectivity index (χ3v) is 11.1. The maximum atomic E-state index is 14.1. The van der Waals surface area contributed by atoms with Crippen LogP contribution in [0.1, 0.15) is 79.7 Å². The highest BCUT2D eigenvalue weighted by Crippen LogP contribution is 2.29. The number of amides is 4. The van der Waals surface area contributed by atoms with Crippen molar-refractivity contribution in [2.75, 3.05) is 41.4 Å². The number of ether oxygens (including phenoxy) is 2. The number of pyridine rings is 1. The smallest absolute Gasteiger partial charge is 0.245 e. The number of methoxy groups -OCH3 is 2. The number of hydrogen-bond donors (Lipinski definition) is 3. The Hall–Kier alpha value is -3.61. The second-order valence-electron chi connectivity index (χ2n) is 15.4. The highest BCUT2D eigenvalue weighted by atomic mass is 16.5. The predicted octanol–water partition coefficient (Wildman–Crippen LogP) is 4.20. The van der Waals surface area contributed by atoms with E-state index >= 15 is 0 Å². The van der Waals surface area contributed by atoms with Crippen LogP contribution in [0, 0.1) is 23.7 Å². The molecule has 0 radical (unpaired) electrons. The topological polar surface area (TPSA) is 142 Å². The van der Waals surface area contributed by atoms with E-state index in [1.165, 1.54) is 0 Å². The standard InChI is InChI=1S/C41H66N6O6/c1-12-27(6)37(46(9)41(51)36(26(4)5)45-40(50)35(42-8)25(2)3)33(52-10)23-34(48)47-21-15-18-32(47)38(53-11)28(7)39(49)43-20-19-29-22-30-16-13-14-17-31(30)44-24-29/h13-14,16-17,22,24-28,32-33,35-38,42H,12,15,18-21,23H2,1-11H3,(H,43,49)(H,45,50)/t27-,28+,32-,33+,35-,36-,37?,38+/m0/s1. The predicted molar refractivity (Wildman–Crippen MR) is 209 cm³/mol. The van der Waals surface area contributed by atoms with E-state index < -0.39 is 36.3 Å². The van der Waals surface area contributed by atoms with Gasteiger partial charge in [-0.3, -0.25) is 24.2 Å². The maximum Gasteiger partial charge on any atom is 0.245 e. The molecule has 53 heavy (non-hydrogen) atoms. The first-order chi connectivity index (χ1) is 25.2. The van der Waals surface area contributed by atoms with Crippen molar-refractivity contribution in [1.29, 1.82) is 0 Å². The first kappa shape index (κ1) is 43.8. The van der Waals surface area contributed by atoms with Gasteiger partial charge < -0.3 is 35.2 Å². The first-order valence-corrected chi connectivity index (χ1v) is 19.4. The fourth-order valence-electron chi connectivity index (χ4n) is 7.79. The fraction of sp³-hybridized carbons (Fsp3) is 0.683. The summed E-state index contributed by atoms with van der Waals surface area (Å²) >= 11 is 0. The number of hydrogen-bond acceptors (Lipinski definition) is 8. The van der Waals surface area contributed by atoms with Crippen LogP contribution in [0.2, 0.25) is 0 Å². The van der Waals surface area contributed by atoms with Crippen LogP contribution in [0.15, 0.2) is 36.5 Å². The van der Waals surface area contributed by atoms with Crippen LogP contribution in [-0.2, 0) is 35.1 Å². The Morgan fingerprint density at radius 2 is 1.66 bits per heavy atom. The Labute approximate surface area is 317 Å². The Kier molecular flexibility index (Phi) is 17.1. The number of nitrogens with one attached hydrogen (secondary N) is 3. The van der Waals surface area contributed by atoms with Gasteiger partial charge in [0.1, 0.15) is 6.04 Å². The largest absolute Gasteiger partial charge is 0.379 e. The first-order valence-electron chi connectivity index (χ1n) is 19.4. The van der Waals surface area contributed by atoms with Crippen molar-refractivity contribution >= 4 is 34.5 Å². The summed E-state index contributed by atoms with van der Waals surface area (Å²) in [5.74, 6) is -1.29. The van der Waals surface area contributed by atoms with Crippen LogP contribution in [-0.4, -0.2) is 116 Å². The van der Waals surface area contributed by atoms with Gasteiger partial charge in [0.2, 0.25) is 23.6 Å². The van der Waals surface area contributed by atoms with Crippen LogP contribution in [0.25, 0.3) is 10.9 Å². The minimum absolute atomic E-state index is 0.00106. The van der Waals surface area contributed by atoms with Gasteiger partial charge in [-0.15, -0.1) is 0 Å².